The van der Waals surface area contributed by atoms with Crippen molar-refractivity contribution >= 4 is 5.78 Å². The van der Waals surface area contributed by atoms with Crippen LogP contribution in [-0.4, -0.2) is 5.78 Å². The van der Waals surface area contributed by atoms with E-state index in [2.05, 4.69) is 18.2 Å². The Kier molecular flexibility index (Phi) is 1.05. The van der Waals surface area contributed by atoms with Crippen molar-refractivity contribution in [2.24, 2.45) is 17.3 Å². The molecular formula is C11H12O. The van der Waals surface area contributed by atoms with E-state index >= 15 is 0 Å². The Labute approximate surface area is 72.2 Å². The van der Waals surface area contributed by atoms with Gasteiger partial charge in [0.15, 0.2) is 5.78 Å². The third-order valence-corrected chi connectivity index (χ3v) is 3.75. The van der Waals surface area contributed by atoms with Gasteiger partial charge in [0.1, 0.15) is 0 Å². The standard InChI is InChI=1S/C11H12O/c12-10-2-1-5-11(10)7-8-3-4-9(11)6-8/h1-4,8-9H,5-7H2/t8-,9+,11-/m0/s1. The van der Waals surface area contributed by atoms with Crippen LogP contribution in [0.25, 0.3) is 0 Å². The maximum atomic E-state index is 11.7. The molecule has 3 aliphatic rings. The van der Waals surface area contributed by atoms with E-state index in [4.69, 9.17) is 0 Å². The minimum Gasteiger partial charge on any atom is -0.294 e. The molecule has 3 rings (SSSR count). The minimum atomic E-state index is 0.0272. The highest BCUT2D eigenvalue weighted by atomic mass is 16.1. The van der Waals surface area contributed by atoms with Crippen LogP contribution in [0.3, 0.4) is 0 Å². The second-order valence-corrected chi connectivity index (χ2v) is 4.32. The topological polar surface area (TPSA) is 17.1 Å². The lowest BCUT2D eigenvalue weighted by molar-refractivity contribution is -0.124. The molecule has 0 radical (unpaired) electrons. The fraction of sp³-hybridized carbons (Fsp3) is 0.545. The number of rotatable bonds is 0. The van der Waals surface area contributed by atoms with Crippen molar-refractivity contribution in [3.8, 4) is 0 Å². The number of ketones is 1. The van der Waals surface area contributed by atoms with E-state index in [-0.39, 0.29) is 5.41 Å². The average molecular weight is 160 g/mol. The zero-order chi connectivity index (χ0) is 8.18. The zero-order valence-corrected chi connectivity index (χ0v) is 6.99. The Bertz CT molecular complexity index is 300. The van der Waals surface area contributed by atoms with Gasteiger partial charge in [-0.1, -0.05) is 18.2 Å². The SMILES string of the molecule is O=C1C=CC[C@@]12C[C@H]1C=C[C@@H]2C1. The molecule has 3 atom stereocenters. The number of allylic oxidation sites excluding steroid dienone is 4. The van der Waals surface area contributed by atoms with Crippen molar-refractivity contribution in [1.29, 1.82) is 0 Å². The van der Waals surface area contributed by atoms with E-state index in [1.165, 1.54) is 6.42 Å². The summed E-state index contributed by atoms with van der Waals surface area (Å²) in [5.41, 5.74) is 0.0272. The highest BCUT2D eigenvalue weighted by Crippen LogP contribution is 2.56. The van der Waals surface area contributed by atoms with Crippen LogP contribution in [0.2, 0.25) is 0 Å². The van der Waals surface area contributed by atoms with Gasteiger partial charge in [-0.25, -0.2) is 0 Å². The highest BCUT2D eigenvalue weighted by molar-refractivity contribution is 5.98. The summed E-state index contributed by atoms with van der Waals surface area (Å²) in [6, 6.07) is 0. The van der Waals surface area contributed by atoms with Crippen molar-refractivity contribution in [3.63, 3.8) is 0 Å². The van der Waals surface area contributed by atoms with Gasteiger partial charge in [-0.3, -0.25) is 4.79 Å². The minimum absolute atomic E-state index is 0.0272. The molecule has 0 aromatic carbocycles. The zero-order valence-electron chi connectivity index (χ0n) is 6.99. The normalized spacial score (nSPS) is 48.5. The fourth-order valence-corrected chi connectivity index (χ4v) is 3.12. The number of hydrogen-bond donors (Lipinski definition) is 0. The van der Waals surface area contributed by atoms with Crippen LogP contribution in [0, 0.1) is 17.3 Å². The van der Waals surface area contributed by atoms with E-state index < -0.39 is 0 Å². The summed E-state index contributed by atoms with van der Waals surface area (Å²) in [4.78, 5) is 11.7. The summed E-state index contributed by atoms with van der Waals surface area (Å²) in [6.07, 6.45) is 11.7. The first-order valence-corrected chi connectivity index (χ1v) is 4.70. The second-order valence-electron chi connectivity index (χ2n) is 4.32. The van der Waals surface area contributed by atoms with Crippen molar-refractivity contribution < 1.29 is 4.79 Å². The molecule has 0 aromatic rings. The summed E-state index contributed by atoms with van der Waals surface area (Å²) in [6.45, 7) is 0. The maximum absolute atomic E-state index is 11.7. The van der Waals surface area contributed by atoms with Crippen molar-refractivity contribution in [1.82, 2.24) is 0 Å². The van der Waals surface area contributed by atoms with Gasteiger partial charge in [0.2, 0.25) is 0 Å². The maximum Gasteiger partial charge on any atom is 0.162 e. The Morgan fingerprint density at radius 1 is 1.42 bits per heavy atom. The Morgan fingerprint density at radius 2 is 2.33 bits per heavy atom. The number of fused-ring (bicyclic) bond motifs is 3. The van der Waals surface area contributed by atoms with Crippen LogP contribution < -0.4 is 0 Å². The molecule has 12 heavy (non-hydrogen) atoms. The van der Waals surface area contributed by atoms with Crippen LogP contribution in [0.15, 0.2) is 24.3 Å². The van der Waals surface area contributed by atoms with E-state index in [0.29, 0.717) is 17.6 Å². The molecule has 0 unspecified atom stereocenters. The summed E-state index contributed by atoms with van der Waals surface area (Å²) in [7, 11) is 0. The van der Waals surface area contributed by atoms with E-state index in [0.717, 1.165) is 12.8 Å². The first kappa shape index (κ1) is 6.64. The van der Waals surface area contributed by atoms with Crippen LogP contribution in [0.1, 0.15) is 19.3 Å². The molecule has 1 fully saturated rings. The number of hydrogen-bond acceptors (Lipinski definition) is 1. The van der Waals surface area contributed by atoms with Crippen molar-refractivity contribution in [2.75, 3.05) is 0 Å². The Balaban J connectivity index is 2.04. The Morgan fingerprint density at radius 3 is 2.83 bits per heavy atom. The molecule has 1 nitrogen and oxygen atoms in total. The fourth-order valence-electron chi connectivity index (χ4n) is 3.12. The first-order chi connectivity index (χ1) is 5.81. The van der Waals surface area contributed by atoms with Gasteiger partial charge >= 0.3 is 0 Å². The predicted molar refractivity (Wildman–Crippen MR) is 46.6 cm³/mol. The van der Waals surface area contributed by atoms with Gasteiger partial charge in [-0.2, -0.15) is 0 Å². The predicted octanol–water partition coefficient (Wildman–Crippen LogP) is 2.10. The Hall–Kier alpha value is -0.850. The monoisotopic (exact) mass is 160 g/mol. The molecule has 0 saturated heterocycles. The summed E-state index contributed by atoms with van der Waals surface area (Å²) < 4.78 is 0. The summed E-state index contributed by atoms with van der Waals surface area (Å²) >= 11 is 0. The molecule has 3 aliphatic carbocycles. The van der Waals surface area contributed by atoms with Crippen LogP contribution in [0.4, 0.5) is 0 Å². The summed E-state index contributed by atoms with van der Waals surface area (Å²) in [5, 5.41) is 0. The molecule has 0 aliphatic heterocycles. The van der Waals surface area contributed by atoms with E-state index in [1.54, 1.807) is 6.08 Å². The van der Waals surface area contributed by atoms with Gasteiger partial charge in [0, 0.05) is 5.41 Å². The molecule has 0 heterocycles. The number of carbonyl (C=O) groups is 1. The molecule has 0 aromatic heterocycles. The smallest absolute Gasteiger partial charge is 0.162 e. The third-order valence-electron chi connectivity index (χ3n) is 3.75. The van der Waals surface area contributed by atoms with E-state index in [9.17, 15) is 4.79 Å². The van der Waals surface area contributed by atoms with Crippen LogP contribution >= 0.6 is 0 Å². The van der Waals surface area contributed by atoms with Crippen molar-refractivity contribution in [3.05, 3.63) is 24.3 Å². The highest BCUT2D eigenvalue weighted by Gasteiger charge is 2.52. The second kappa shape index (κ2) is 1.90. The van der Waals surface area contributed by atoms with Crippen LogP contribution in [-0.2, 0) is 4.79 Å². The molecule has 0 amide bonds. The van der Waals surface area contributed by atoms with Crippen LogP contribution in [0.5, 0.6) is 0 Å². The molecule has 2 bridgehead atoms. The lowest BCUT2D eigenvalue weighted by Gasteiger charge is -2.28. The quantitative estimate of drug-likeness (QED) is 0.496. The number of carbonyl (C=O) groups excluding carboxylic acids is 1. The molecule has 1 heteroatoms. The van der Waals surface area contributed by atoms with Gasteiger partial charge in [-0.05, 0) is 37.2 Å². The van der Waals surface area contributed by atoms with Gasteiger partial charge in [-0.15, -0.1) is 0 Å². The molecular weight excluding hydrogens is 148 g/mol. The van der Waals surface area contributed by atoms with Gasteiger partial charge < -0.3 is 0 Å². The average Bonchev–Trinajstić information content (AvgIpc) is 2.69. The van der Waals surface area contributed by atoms with Gasteiger partial charge in [0.05, 0.1) is 0 Å². The lowest BCUT2D eigenvalue weighted by Crippen LogP contribution is -2.30. The summed E-state index contributed by atoms with van der Waals surface area (Å²) in [5.74, 6) is 1.66. The first-order valence-electron chi connectivity index (χ1n) is 4.70. The third kappa shape index (κ3) is 0.588. The molecule has 0 N–H and O–H groups in total. The molecule has 1 saturated carbocycles. The van der Waals surface area contributed by atoms with Crippen molar-refractivity contribution in [2.45, 2.75) is 19.3 Å². The van der Waals surface area contributed by atoms with E-state index in [1.807, 2.05) is 0 Å². The van der Waals surface area contributed by atoms with Gasteiger partial charge in [0.25, 0.3) is 0 Å². The molecule has 1 spiro atoms. The lowest BCUT2D eigenvalue weighted by atomic mass is 9.73. The largest absolute Gasteiger partial charge is 0.294 e. The molecule has 62 valence electrons.